The lowest BCUT2D eigenvalue weighted by Gasteiger charge is -2.65. The number of urea groups is 1. The van der Waals surface area contributed by atoms with E-state index in [-0.39, 0.29) is 23.5 Å². The highest BCUT2D eigenvalue weighted by molar-refractivity contribution is 6.03. The van der Waals surface area contributed by atoms with Crippen LogP contribution < -0.4 is 16.0 Å². The molecule has 1 aromatic carbocycles. The maximum absolute atomic E-state index is 13.1. The summed E-state index contributed by atoms with van der Waals surface area (Å²) in [5, 5.41) is 9.58. The van der Waals surface area contributed by atoms with Crippen molar-refractivity contribution in [1.82, 2.24) is 10.6 Å². The molecular weight excluding hydrogens is 386 g/mol. The van der Waals surface area contributed by atoms with E-state index in [0.29, 0.717) is 22.1 Å². The smallest absolute Gasteiger partial charge is 0.319 e. The molecule has 0 spiro atoms. The monoisotopic (exact) mass is 423 g/mol. The molecule has 0 radical (unpaired) electrons. The minimum absolute atomic E-state index is 0.0855. The van der Waals surface area contributed by atoms with Crippen molar-refractivity contribution in [1.29, 1.82) is 0 Å². The van der Waals surface area contributed by atoms with E-state index in [1.54, 1.807) is 6.07 Å². The summed E-state index contributed by atoms with van der Waals surface area (Å²) in [5.41, 5.74) is 1.73. The van der Waals surface area contributed by atoms with Crippen LogP contribution in [0.1, 0.15) is 94.8 Å². The lowest BCUT2D eigenvalue weighted by atomic mass is 9.43. The second-order valence-corrected chi connectivity index (χ2v) is 11.8. The van der Waals surface area contributed by atoms with Gasteiger partial charge in [-0.2, -0.15) is 0 Å². The van der Waals surface area contributed by atoms with E-state index in [1.807, 2.05) is 18.2 Å². The first-order valence-corrected chi connectivity index (χ1v) is 12.2. The van der Waals surface area contributed by atoms with E-state index in [9.17, 15) is 9.59 Å². The number of rotatable bonds is 4. The van der Waals surface area contributed by atoms with Gasteiger partial charge in [0.1, 0.15) is 0 Å². The van der Waals surface area contributed by atoms with Crippen molar-refractivity contribution >= 4 is 17.6 Å². The number of hydrogen-bond donors (Lipinski definition) is 3. The molecule has 31 heavy (non-hydrogen) atoms. The predicted octanol–water partition coefficient (Wildman–Crippen LogP) is 5.62. The molecule has 5 saturated carbocycles. The SMILES string of the molecule is C[C@]12CC3CC(NC(=O)Nc4ccccc4C(=O)NC4CCCCC4)(C1)C[C@@](C)(C3)C2. The van der Waals surface area contributed by atoms with E-state index >= 15 is 0 Å². The Hall–Kier alpha value is -2.04. The molecule has 5 nitrogen and oxygen atoms in total. The van der Waals surface area contributed by atoms with Gasteiger partial charge in [-0.3, -0.25) is 4.79 Å². The van der Waals surface area contributed by atoms with Gasteiger partial charge in [-0.15, -0.1) is 0 Å². The van der Waals surface area contributed by atoms with Gasteiger partial charge in [-0.25, -0.2) is 4.79 Å². The quantitative estimate of drug-likeness (QED) is 0.588. The average Bonchev–Trinajstić information content (AvgIpc) is 2.65. The molecule has 1 aromatic rings. The first-order chi connectivity index (χ1) is 14.8. The average molecular weight is 424 g/mol. The summed E-state index contributed by atoms with van der Waals surface area (Å²) in [5.74, 6) is 0.637. The van der Waals surface area contributed by atoms with Gasteiger partial charge < -0.3 is 16.0 Å². The van der Waals surface area contributed by atoms with Gasteiger partial charge >= 0.3 is 6.03 Å². The van der Waals surface area contributed by atoms with Gasteiger partial charge in [0.2, 0.25) is 0 Å². The standard InChI is InChI=1S/C26H37N3O2/c1-24-12-18-13-25(2,15-24)17-26(14-18,16-24)29-23(31)28-21-11-7-6-10-20(21)22(30)27-19-8-4-3-5-9-19/h6-7,10-11,18-19H,3-5,8-9,12-17H2,1-2H3,(H,27,30)(H2,28,29,31)/t18?,24-,25+,26?. The number of para-hydroxylation sites is 1. The van der Waals surface area contributed by atoms with Crippen molar-refractivity contribution in [2.75, 3.05) is 5.32 Å². The highest BCUT2D eigenvalue weighted by Crippen LogP contribution is 2.66. The Morgan fingerprint density at radius 1 is 0.903 bits per heavy atom. The molecule has 168 valence electrons. The number of anilines is 1. The van der Waals surface area contributed by atoms with Crippen molar-refractivity contribution < 1.29 is 9.59 Å². The highest BCUT2D eigenvalue weighted by atomic mass is 16.2. The van der Waals surface area contributed by atoms with Crippen LogP contribution in [-0.2, 0) is 0 Å². The first kappa shape index (κ1) is 20.8. The van der Waals surface area contributed by atoms with Gasteiger partial charge in [0.05, 0.1) is 11.3 Å². The van der Waals surface area contributed by atoms with Crippen LogP contribution in [0.5, 0.6) is 0 Å². The normalized spacial score (nSPS) is 36.8. The summed E-state index contributed by atoms with van der Waals surface area (Å²) in [6.07, 6.45) is 12.8. The zero-order valence-electron chi connectivity index (χ0n) is 19.1. The van der Waals surface area contributed by atoms with Gasteiger partial charge in [-0.05, 0) is 80.2 Å². The van der Waals surface area contributed by atoms with E-state index in [0.717, 1.165) is 38.0 Å². The van der Waals surface area contributed by atoms with Crippen molar-refractivity contribution in [3.8, 4) is 0 Å². The number of carbonyl (C=O) groups excluding carboxylic acids is 2. The van der Waals surface area contributed by atoms with E-state index < -0.39 is 0 Å². The Bertz CT molecular complexity index is 857. The minimum Gasteiger partial charge on any atom is -0.349 e. The molecule has 6 rings (SSSR count). The molecule has 5 aliphatic rings. The third-order valence-corrected chi connectivity index (χ3v) is 8.37. The van der Waals surface area contributed by atoms with Crippen LogP contribution in [0.25, 0.3) is 0 Å². The fourth-order valence-electron chi connectivity index (χ4n) is 8.28. The van der Waals surface area contributed by atoms with Crippen LogP contribution in [0.4, 0.5) is 10.5 Å². The third kappa shape index (κ3) is 4.20. The molecule has 2 unspecified atom stereocenters. The number of hydrogen-bond acceptors (Lipinski definition) is 2. The molecule has 3 N–H and O–H groups in total. The Balaban J connectivity index is 1.28. The van der Waals surface area contributed by atoms with Crippen LogP contribution in [0.2, 0.25) is 0 Å². The maximum Gasteiger partial charge on any atom is 0.319 e. The van der Waals surface area contributed by atoms with Gasteiger partial charge in [-0.1, -0.05) is 45.2 Å². The van der Waals surface area contributed by atoms with E-state index in [1.165, 1.54) is 38.5 Å². The molecule has 5 fully saturated rings. The Labute approximate surface area is 186 Å². The van der Waals surface area contributed by atoms with E-state index in [2.05, 4.69) is 29.8 Å². The van der Waals surface area contributed by atoms with Crippen LogP contribution in [-0.4, -0.2) is 23.5 Å². The van der Waals surface area contributed by atoms with Gasteiger partial charge in [0.25, 0.3) is 5.91 Å². The fraction of sp³-hybridized carbons (Fsp3) is 0.692. The molecule has 5 aliphatic carbocycles. The number of benzene rings is 1. The van der Waals surface area contributed by atoms with Crippen LogP contribution in [0.15, 0.2) is 24.3 Å². The van der Waals surface area contributed by atoms with Crippen molar-refractivity contribution in [3.63, 3.8) is 0 Å². The molecule has 0 aromatic heterocycles. The molecule has 0 heterocycles. The third-order valence-electron chi connectivity index (χ3n) is 8.37. The Morgan fingerprint density at radius 2 is 1.58 bits per heavy atom. The zero-order chi connectivity index (χ0) is 21.7. The Morgan fingerprint density at radius 3 is 2.26 bits per heavy atom. The molecule has 0 aliphatic heterocycles. The summed E-state index contributed by atoms with van der Waals surface area (Å²) >= 11 is 0. The molecular formula is C26H37N3O2. The lowest BCUT2D eigenvalue weighted by Crippen LogP contribution is -2.65. The van der Waals surface area contributed by atoms with Gasteiger partial charge in [0.15, 0.2) is 0 Å². The van der Waals surface area contributed by atoms with Gasteiger partial charge in [0, 0.05) is 11.6 Å². The minimum atomic E-state index is -0.174. The summed E-state index contributed by atoms with van der Waals surface area (Å²) in [6, 6.07) is 7.45. The van der Waals surface area contributed by atoms with Crippen molar-refractivity contribution in [3.05, 3.63) is 29.8 Å². The van der Waals surface area contributed by atoms with Crippen molar-refractivity contribution in [2.24, 2.45) is 16.7 Å². The second-order valence-electron chi connectivity index (χ2n) is 11.8. The summed E-state index contributed by atoms with van der Waals surface area (Å²) < 4.78 is 0. The fourth-order valence-corrected chi connectivity index (χ4v) is 8.28. The number of amides is 3. The maximum atomic E-state index is 13.1. The lowest BCUT2D eigenvalue weighted by molar-refractivity contribution is -0.113. The topological polar surface area (TPSA) is 70.2 Å². The molecule has 4 atom stereocenters. The first-order valence-electron chi connectivity index (χ1n) is 12.2. The Kier molecular flexibility index (Phi) is 5.06. The number of carbonyl (C=O) groups is 2. The summed E-state index contributed by atoms with van der Waals surface area (Å²) in [6.45, 7) is 4.82. The molecule has 4 bridgehead atoms. The zero-order valence-corrected chi connectivity index (χ0v) is 19.1. The second kappa shape index (κ2) is 7.53. The van der Waals surface area contributed by atoms with E-state index in [4.69, 9.17) is 0 Å². The molecule has 3 amide bonds. The highest BCUT2D eigenvalue weighted by Gasteiger charge is 2.60. The van der Waals surface area contributed by atoms with Crippen LogP contribution in [0.3, 0.4) is 0 Å². The van der Waals surface area contributed by atoms with Crippen molar-refractivity contribution in [2.45, 2.75) is 96.1 Å². The summed E-state index contributed by atoms with van der Waals surface area (Å²) in [4.78, 5) is 26.0. The van der Waals surface area contributed by atoms with Crippen LogP contribution in [0, 0.1) is 16.7 Å². The summed E-state index contributed by atoms with van der Waals surface area (Å²) in [7, 11) is 0. The van der Waals surface area contributed by atoms with Crippen LogP contribution >= 0.6 is 0 Å². The molecule has 5 heteroatoms. The number of nitrogens with one attached hydrogen (secondary N) is 3. The largest absolute Gasteiger partial charge is 0.349 e. The molecule has 0 saturated heterocycles. The predicted molar refractivity (Wildman–Crippen MR) is 123 cm³/mol.